The van der Waals surface area contributed by atoms with Gasteiger partial charge in [-0.3, -0.25) is 4.79 Å². The van der Waals surface area contributed by atoms with E-state index in [1.54, 1.807) is 0 Å². The fraction of sp³-hybridized carbons (Fsp3) is 0.273. The summed E-state index contributed by atoms with van der Waals surface area (Å²) in [6, 6.07) is 2.47. The summed E-state index contributed by atoms with van der Waals surface area (Å²) in [6.07, 6.45) is -0.865. The second kappa shape index (κ2) is 3.87. The van der Waals surface area contributed by atoms with E-state index in [4.69, 9.17) is 16.3 Å². The third-order valence-corrected chi connectivity index (χ3v) is 2.82. The number of carbonyl (C=O) groups is 2. The SMILES string of the molecule is CC(=O)C1Cc2c(F)ccc(Cl)c2C(=O)O1. The topological polar surface area (TPSA) is 43.4 Å². The van der Waals surface area contributed by atoms with Crippen molar-refractivity contribution >= 4 is 23.4 Å². The lowest BCUT2D eigenvalue weighted by Gasteiger charge is -2.23. The molecule has 84 valence electrons. The van der Waals surface area contributed by atoms with Gasteiger partial charge in [-0.05, 0) is 19.1 Å². The molecule has 0 aromatic heterocycles. The van der Waals surface area contributed by atoms with Gasteiger partial charge in [0.2, 0.25) is 0 Å². The largest absolute Gasteiger partial charge is 0.450 e. The summed E-state index contributed by atoms with van der Waals surface area (Å²) in [4.78, 5) is 22.7. The van der Waals surface area contributed by atoms with Crippen molar-refractivity contribution < 1.29 is 18.7 Å². The first-order valence-corrected chi connectivity index (χ1v) is 5.07. The van der Waals surface area contributed by atoms with Gasteiger partial charge < -0.3 is 4.74 Å². The zero-order valence-electron chi connectivity index (χ0n) is 8.42. The van der Waals surface area contributed by atoms with Gasteiger partial charge in [-0.2, -0.15) is 0 Å². The first-order chi connectivity index (χ1) is 7.50. The summed E-state index contributed by atoms with van der Waals surface area (Å²) in [5.74, 6) is -1.59. The molecule has 0 radical (unpaired) electrons. The van der Waals surface area contributed by atoms with Crippen LogP contribution in [0.2, 0.25) is 5.02 Å². The van der Waals surface area contributed by atoms with Crippen LogP contribution < -0.4 is 0 Å². The standard InChI is InChI=1S/C11H8ClFO3/c1-5(14)9-4-6-8(13)3-2-7(12)10(6)11(15)16-9/h2-3,9H,4H2,1H3. The van der Waals surface area contributed by atoms with E-state index in [0.29, 0.717) is 0 Å². The van der Waals surface area contributed by atoms with Crippen LogP contribution >= 0.6 is 11.6 Å². The van der Waals surface area contributed by atoms with Crippen LogP contribution in [0.15, 0.2) is 12.1 Å². The molecule has 1 aromatic rings. The summed E-state index contributed by atoms with van der Waals surface area (Å²) in [6.45, 7) is 1.30. The first-order valence-electron chi connectivity index (χ1n) is 4.69. The van der Waals surface area contributed by atoms with E-state index in [0.717, 1.165) is 0 Å². The Hall–Kier alpha value is -1.42. The molecule has 1 unspecified atom stereocenters. The molecule has 1 aromatic carbocycles. The van der Waals surface area contributed by atoms with Gasteiger partial charge in [0.25, 0.3) is 0 Å². The number of carbonyl (C=O) groups excluding carboxylic acids is 2. The molecule has 0 amide bonds. The van der Waals surface area contributed by atoms with Crippen molar-refractivity contribution in [1.29, 1.82) is 0 Å². The molecular formula is C11H8ClFO3. The van der Waals surface area contributed by atoms with Gasteiger partial charge in [-0.1, -0.05) is 11.6 Å². The molecule has 1 aliphatic heterocycles. The molecule has 1 atom stereocenters. The fourth-order valence-electron chi connectivity index (χ4n) is 1.66. The van der Waals surface area contributed by atoms with Crippen LogP contribution in [0, 0.1) is 5.82 Å². The second-order valence-corrected chi connectivity index (χ2v) is 4.00. The molecule has 1 heterocycles. The molecule has 0 aliphatic carbocycles. The second-order valence-electron chi connectivity index (χ2n) is 3.59. The highest BCUT2D eigenvalue weighted by Gasteiger charge is 2.32. The van der Waals surface area contributed by atoms with Crippen molar-refractivity contribution in [3.63, 3.8) is 0 Å². The molecule has 0 fully saturated rings. The lowest BCUT2D eigenvalue weighted by atomic mass is 9.96. The van der Waals surface area contributed by atoms with Crippen LogP contribution in [0.1, 0.15) is 22.8 Å². The molecule has 1 aliphatic rings. The van der Waals surface area contributed by atoms with Crippen LogP contribution in [0.25, 0.3) is 0 Å². The average molecular weight is 243 g/mol. The Kier molecular flexibility index (Phi) is 2.68. The average Bonchev–Trinajstić information content (AvgIpc) is 2.22. The minimum atomic E-state index is -0.909. The van der Waals surface area contributed by atoms with Crippen LogP contribution in [0.3, 0.4) is 0 Å². The number of ketones is 1. The summed E-state index contributed by atoms with van der Waals surface area (Å²) in [7, 11) is 0. The highest BCUT2D eigenvalue weighted by atomic mass is 35.5. The van der Waals surface area contributed by atoms with E-state index >= 15 is 0 Å². The van der Waals surface area contributed by atoms with E-state index in [1.165, 1.54) is 19.1 Å². The first kappa shape index (κ1) is 11.1. The van der Waals surface area contributed by atoms with Crippen LogP contribution in [-0.2, 0) is 16.0 Å². The number of rotatable bonds is 1. The summed E-state index contributed by atoms with van der Waals surface area (Å²) < 4.78 is 18.4. The summed E-state index contributed by atoms with van der Waals surface area (Å²) in [5.41, 5.74) is 0.183. The maximum atomic E-state index is 13.5. The molecule has 3 nitrogen and oxygen atoms in total. The van der Waals surface area contributed by atoms with E-state index in [-0.39, 0.29) is 28.4 Å². The minimum Gasteiger partial charge on any atom is -0.450 e. The molecule has 2 rings (SSSR count). The Labute approximate surface area is 96.2 Å². The van der Waals surface area contributed by atoms with E-state index < -0.39 is 17.9 Å². The molecule has 0 bridgehead atoms. The van der Waals surface area contributed by atoms with Crippen molar-refractivity contribution in [2.24, 2.45) is 0 Å². The Balaban J connectivity index is 2.54. The number of cyclic esters (lactones) is 1. The Morgan fingerprint density at radius 1 is 1.56 bits per heavy atom. The molecule has 0 N–H and O–H groups in total. The maximum Gasteiger partial charge on any atom is 0.340 e. The Morgan fingerprint density at radius 3 is 2.88 bits per heavy atom. The highest BCUT2D eigenvalue weighted by Crippen LogP contribution is 2.29. The third-order valence-electron chi connectivity index (χ3n) is 2.50. The third kappa shape index (κ3) is 1.69. The monoisotopic (exact) mass is 242 g/mol. The van der Waals surface area contributed by atoms with Crippen LogP contribution in [-0.4, -0.2) is 17.9 Å². The number of Topliss-reactive ketones (excluding diaryl/α,β-unsaturated/α-hetero) is 1. The molecule has 0 saturated heterocycles. The predicted molar refractivity (Wildman–Crippen MR) is 55.0 cm³/mol. The summed E-state index contributed by atoms with van der Waals surface area (Å²) in [5, 5.41) is 0.142. The number of halogens is 2. The Morgan fingerprint density at radius 2 is 2.25 bits per heavy atom. The molecular weight excluding hydrogens is 235 g/mol. The number of esters is 1. The smallest absolute Gasteiger partial charge is 0.340 e. The highest BCUT2D eigenvalue weighted by molar-refractivity contribution is 6.33. The van der Waals surface area contributed by atoms with E-state index in [1.807, 2.05) is 0 Å². The van der Waals surface area contributed by atoms with Gasteiger partial charge >= 0.3 is 5.97 Å². The summed E-state index contributed by atoms with van der Waals surface area (Å²) >= 11 is 5.78. The van der Waals surface area contributed by atoms with Crippen molar-refractivity contribution in [3.8, 4) is 0 Å². The number of benzene rings is 1. The van der Waals surface area contributed by atoms with E-state index in [2.05, 4.69) is 0 Å². The van der Waals surface area contributed by atoms with Gasteiger partial charge in [-0.25, -0.2) is 9.18 Å². The number of hydrogen-bond donors (Lipinski definition) is 0. The van der Waals surface area contributed by atoms with Gasteiger partial charge in [0.05, 0.1) is 10.6 Å². The Bertz CT molecular complexity index is 484. The van der Waals surface area contributed by atoms with Crippen LogP contribution in [0.4, 0.5) is 4.39 Å². The zero-order chi connectivity index (χ0) is 11.9. The van der Waals surface area contributed by atoms with Gasteiger partial charge in [0.1, 0.15) is 5.82 Å². The molecule has 0 spiro atoms. The maximum absolute atomic E-state index is 13.5. The molecule has 16 heavy (non-hydrogen) atoms. The lowest BCUT2D eigenvalue weighted by molar-refractivity contribution is -0.125. The minimum absolute atomic E-state index is 0.0270. The van der Waals surface area contributed by atoms with Gasteiger partial charge in [0, 0.05) is 12.0 Å². The van der Waals surface area contributed by atoms with Gasteiger partial charge in [-0.15, -0.1) is 0 Å². The van der Waals surface area contributed by atoms with Crippen molar-refractivity contribution in [2.45, 2.75) is 19.4 Å². The van der Waals surface area contributed by atoms with Crippen LogP contribution in [0.5, 0.6) is 0 Å². The quantitative estimate of drug-likeness (QED) is 0.709. The fourth-order valence-corrected chi connectivity index (χ4v) is 1.91. The lowest BCUT2D eigenvalue weighted by Crippen LogP contribution is -2.33. The van der Waals surface area contributed by atoms with E-state index in [9.17, 15) is 14.0 Å². The molecule has 5 heteroatoms. The molecule has 0 saturated carbocycles. The number of ether oxygens (including phenoxy) is 1. The normalized spacial score (nSPS) is 18.9. The van der Waals surface area contributed by atoms with Crippen molar-refractivity contribution in [1.82, 2.24) is 0 Å². The predicted octanol–water partition coefficient (Wildman–Crippen LogP) is 2.15. The number of hydrogen-bond acceptors (Lipinski definition) is 3. The number of fused-ring (bicyclic) bond motifs is 1. The van der Waals surface area contributed by atoms with Crippen molar-refractivity contribution in [3.05, 3.63) is 34.1 Å². The van der Waals surface area contributed by atoms with Crippen molar-refractivity contribution in [2.75, 3.05) is 0 Å². The zero-order valence-corrected chi connectivity index (χ0v) is 9.18. The van der Waals surface area contributed by atoms with Gasteiger partial charge in [0.15, 0.2) is 11.9 Å².